The van der Waals surface area contributed by atoms with Crippen molar-refractivity contribution in [2.75, 3.05) is 5.73 Å². The summed E-state index contributed by atoms with van der Waals surface area (Å²) in [5.41, 5.74) is 9.28. The van der Waals surface area contributed by atoms with Crippen LogP contribution in [-0.4, -0.2) is 14.6 Å². The Kier molecular flexibility index (Phi) is 1.50. The smallest absolute Gasteiger partial charge is 0.157 e. The number of rotatable bonds is 0. The molecule has 4 heteroatoms. The maximum atomic E-state index is 6.04. The number of hydrogen-bond acceptors (Lipinski definition) is 3. The van der Waals surface area contributed by atoms with Crippen LogP contribution in [0.5, 0.6) is 0 Å². The van der Waals surface area contributed by atoms with Gasteiger partial charge in [0.2, 0.25) is 0 Å². The van der Waals surface area contributed by atoms with Crippen LogP contribution in [0.4, 0.5) is 5.82 Å². The molecule has 1 aliphatic carbocycles. The van der Waals surface area contributed by atoms with Crippen LogP contribution < -0.4 is 5.73 Å². The van der Waals surface area contributed by atoms with E-state index in [0.717, 1.165) is 24.3 Å². The maximum Gasteiger partial charge on any atom is 0.157 e. The standard InChI is InChI=1S/C10H12N4/c11-10-7-3-1-2-4-8(7)13-9-5-6-12-14(9)10/h5-6H,1-4,11H2. The van der Waals surface area contributed by atoms with E-state index in [1.807, 2.05) is 6.07 Å². The first kappa shape index (κ1) is 7.79. The van der Waals surface area contributed by atoms with Crippen molar-refractivity contribution < 1.29 is 0 Å². The second kappa shape index (κ2) is 2.70. The van der Waals surface area contributed by atoms with Crippen LogP contribution in [0.3, 0.4) is 0 Å². The number of aromatic nitrogens is 3. The third-order valence-corrected chi connectivity index (χ3v) is 2.85. The Balaban J connectivity index is 2.36. The van der Waals surface area contributed by atoms with Gasteiger partial charge in [0.1, 0.15) is 5.82 Å². The highest BCUT2D eigenvalue weighted by atomic mass is 15.3. The summed E-state index contributed by atoms with van der Waals surface area (Å²) >= 11 is 0. The predicted molar refractivity (Wildman–Crippen MR) is 54.0 cm³/mol. The van der Waals surface area contributed by atoms with Crippen molar-refractivity contribution in [3.05, 3.63) is 23.5 Å². The average Bonchev–Trinajstić information content (AvgIpc) is 2.66. The summed E-state index contributed by atoms with van der Waals surface area (Å²) in [5, 5.41) is 4.16. The average molecular weight is 188 g/mol. The number of nitrogens with zero attached hydrogens (tertiary/aromatic N) is 3. The molecule has 14 heavy (non-hydrogen) atoms. The van der Waals surface area contributed by atoms with Crippen LogP contribution >= 0.6 is 0 Å². The Morgan fingerprint density at radius 1 is 1.29 bits per heavy atom. The minimum absolute atomic E-state index is 0.773. The Bertz CT molecular complexity index is 486. The third-order valence-electron chi connectivity index (χ3n) is 2.85. The summed E-state index contributed by atoms with van der Waals surface area (Å²) in [6.45, 7) is 0. The van der Waals surface area contributed by atoms with Crippen molar-refractivity contribution in [3.8, 4) is 0 Å². The molecule has 0 atom stereocenters. The maximum absolute atomic E-state index is 6.04. The Morgan fingerprint density at radius 2 is 2.14 bits per heavy atom. The van der Waals surface area contributed by atoms with Gasteiger partial charge in [-0.3, -0.25) is 0 Å². The molecule has 0 bridgehead atoms. The van der Waals surface area contributed by atoms with Crippen LogP contribution in [0.1, 0.15) is 24.1 Å². The summed E-state index contributed by atoms with van der Waals surface area (Å²) in [4.78, 5) is 4.56. The van der Waals surface area contributed by atoms with Crippen LogP contribution in [0.25, 0.3) is 5.65 Å². The summed E-state index contributed by atoms with van der Waals surface area (Å²) in [6.07, 6.45) is 6.28. The molecule has 0 unspecified atom stereocenters. The highest BCUT2D eigenvalue weighted by molar-refractivity contribution is 5.53. The van der Waals surface area contributed by atoms with Gasteiger partial charge in [-0.05, 0) is 25.7 Å². The molecule has 4 nitrogen and oxygen atoms in total. The van der Waals surface area contributed by atoms with E-state index in [1.54, 1.807) is 10.7 Å². The summed E-state index contributed by atoms with van der Waals surface area (Å²) in [7, 11) is 0. The fourth-order valence-corrected chi connectivity index (χ4v) is 2.12. The van der Waals surface area contributed by atoms with Crippen molar-refractivity contribution in [3.63, 3.8) is 0 Å². The lowest BCUT2D eigenvalue weighted by Gasteiger charge is -2.16. The molecule has 1 aliphatic rings. The van der Waals surface area contributed by atoms with Gasteiger partial charge in [-0.15, -0.1) is 0 Å². The highest BCUT2D eigenvalue weighted by Crippen LogP contribution is 2.25. The fourth-order valence-electron chi connectivity index (χ4n) is 2.12. The third kappa shape index (κ3) is 0.937. The molecule has 0 fully saturated rings. The molecule has 72 valence electrons. The van der Waals surface area contributed by atoms with Crippen LogP contribution in [-0.2, 0) is 12.8 Å². The molecular weight excluding hydrogens is 176 g/mol. The second-order valence-corrected chi connectivity index (χ2v) is 3.73. The Labute approximate surface area is 81.8 Å². The Hall–Kier alpha value is -1.58. The number of aryl methyl sites for hydroxylation is 1. The first-order valence-electron chi connectivity index (χ1n) is 4.97. The molecule has 0 aromatic carbocycles. The molecule has 2 aromatic heterocycles. The number of hydrogen-bond donors (Lipinski definition) is 1. The number of nitrogens with two attached hydrogens (primary N) is 1. The monoisotopic (exact) mass is 188 g/mol. The van der Waals surface area contributed by atoms with Crippen molar-refractivity contribution in [1.29, 1.82) is 0 Å². The van der Waals surface area contributed by atoms with E-state index < -0.39 is 0 Å². The first-order valence-corrected chi connectivity index (χ1v) is 4.97. The van der Waals surface area contributed by atoms with Gasteiger partial charge in [-0.1, -0.05) is 0 Å². The van der Waals surface area contributed by atoms with E-state index in [4.69, 9.17) is 5.73 Å². The van der Waals surface area contributed by atoms with Gasteiger partial charge in [0, 0.05) is 17.3 Å². The zero-order valence-electron chi connectivity index (χ0n) is 7.90. The van der Waals surface area contributed by atoms with E-state index in [0.29, 0.717) is 0 Å². The van der Waals surface area contributed by atoms with Gasteiger partial charge in [-0.25, -0.2) is 4.98 Å². The number of fused-ring (bicyclic) bond motifs is 2. The molecule has 2 heterocycles. The van der Waals surface area contributed by atoms with Gasteiger partial charge in [0.25, 0.3) is 0 Å². The van der Waals surface area contributed by atoms with Crippen molar-refractivity contribution in [2.45, 2.75) is 25.7 Å². The van der Waals surface area contributed by atoms with E-state index in [9.17, 15) is 0 Å². The SMILES string of the molecule is Nc1c2c(nc3ccnn13)CCCC2. The molecule has 2 N–H and O–H groups in total. The van der Waals surface area contributed by atoms with Gasteiger partial charge in [-0.2, -0.15) is 9.61 Å². The zero-order valence-corrected chi connectivity index (χ0v) is 7.90. The highest BCUT2D eigenvalue weighted by Gasteiger charge is 2.16. The second-order valence-electron chi connectivity index (χ2n) is 3.73. The predicted octanol–water partition coefficient (Wildman–Crippen LogP) is 1.19. The normalized spacial score (nSPS) is 15.7. The molecule has 0 saturated carbocycles. The lowest BCUT2D eigenvalue weighted by Crippen LogP contribution is -2.13. The number of anilines is 1. The zero-order chi connectivity index (χ0) is 9.54. The van der Waals surface area contributed by atoms with E-state index in [-0.39, 0.29) is 0 Å². The van der Waals surface area contributed by atoms with Crippen molar-refractivity contribution >= 4 is 11.5 Å². The molecule has 2 aromatic rings. The summed E-state index contributed by atoms with van der Waals surface area (Å²) < 4.78 is 1.73. The molecule has 0 amide bonds. The van der Waals surface area contributed by atoms with Gasteiger partial charge < -0.3 is 5.73 Å². The molecule has 0 saturated heterocycles. The topological polar surface area (TPSA) is 56.2 Å². The molecule has 0 radical (unpaired) electrons. The van der Waals surface area contributed by atoms with Crippen LogP contribution in [0, 0.1) is 0 Å². The number of nitrogen functional groups attached to an aromatic ring is 1. The fraction of sp³-hybridized carbons (Fsp3) is 0.400. The van der Waals surface area contributed by atoms with Crippen molar-refractivity contribution in [2.24, 2.45) is 0 Å². The quantitative estimate of drug-likeness (QED) is 0.675. The van der Waals surface area contributed by atoms with Gasteiger partial charge >= 0.3 is 0 Å². The van der Waals surface area contributed by atoms with Crippen LogP contribution in [0.15, 0.2) is 12.3 Å². The van der Waals surface area contributed by atoms with E-state index >= 15 is 0 Å². The van der Waals surface area contributed by atoms with Crippen molar-refractivity contribution in [1.82, 2.24) is 14.6 Å². The lowest BCUT2D eigenvalue weighted by molar-refractivity contribution is 0.663. The minimum Gasteiger partial charge on any atom is -0.383 e. The van der Waals surface area contributed by atoms with Gasteiger partial charge in [0.15, 0.2) is 5.65 Å². The molecule has 0 aliphatic heterocycles. The van der Waals surface area contributed by atoms with E-state index in [1.165, 1.54) is 24.1 Å². The molecule has 3 rings (SSSR count). The Morgan fingerprint density at radius 3 is 3.07 bits per heavy atom. The van der Waals surface area contributed by atoms with E-state index in [2.05, 4.69) is 10.1 Å². The lowest BCUT2D eigenvalue weighted by atomic mass is 9.96. The largest absolute Gasteiger partial charge is 0.383 e. The van der Waals surface area contributed by atoms with Crippen LogP contribution in [0.2, 0.25) is 0 Å². The summed E-state index contributed by atoms with van der Waals surface area (Å²) in [5.74, 6) is 0.773. The molecule has 0 spiro atoms. The summed E-state index contributed by atoms with van der Waals surface area (Å²) in [6, 6.07) is 1.89. The minimum atomic E-state index is 0.773. The first-order chi connectivity index (χ1) is 6.86. The molecular formula is C10H12N4. The van der Waals surface area contributed by atoms with Gasteiger partial charge in [0.05, 0.1) is 6.20 Å².